The molecule has 0 heterocycles. The number of rotatable bonds is 0. The third-order valence-electron chi connectivity index (χ3n) is 0. The maximum Gasteiger partial charge on any atom is 0.180 e. The van der Waals surface area contributed by atoms with Crippen LogP contribution in [0.15, 0.2) is 0 Å². The van der Waals surface area contributed by atoms with E-state index >= 15 is 0 Å². The van der Waals surface area contributed by atoms with Crippen LogP contribution in [-0.2, 0) is 0 Å². The Morgan fingerprint density at radius 1 is 0.500 bits per heavy atom. The van der Waals surface area contributed by atoms with Crippen LogP contribution in [0.2, 0.25) is 0 Å². The average Bonchev–Trinajstić information content (AvgIpc) is 0.811. The second-order valence-corrected chi connectivity index (χ2v) is 2.23. The van der Waals surface area contributed by atoms with Gasteiger partial charge >= 0.3 is 0 Å². The van der Waals surface area contributed by atoms with E-state index in [-0.39, 0.29) is 32.9 Å². The van der Waals surface area contributed by atoms with Crippen molar-refractivity contribution >= 4 is 34.8 Å². The van der Waals surface area contributed by atoms with Crippen LogP contribution in [0.25, 0.3) is 0 Å². The van der Waals surface area contributed by atoms with Crippen molar-refractivity contribution < 1.29 is 32.9 Å². The fraction of sp³-hybridized carbons (Fsp3) is 1.00. The first kappa shape index (κ1) is 74.8. The Kier molecular flexibility index (Phi) is 407. The van der Waals surface area contributed by atoms with E-state index in [2.05, 4.69) is 0 Å². The zero-order valence-corrected chi connectivity index (χ0v) is 6.98. The molecule has 0 aromatic rings. The van der Waals surface area contributed by atoms with Crippen molar-refractivity contribution in [2.75, 3.05) is 0 Å². The largest absolute Gasteiger partial charge is 0.412 e. The van der Waals surface area contributed by atoms with E-state index < -0.39 is 4.30 Å². The van der Waals surface area contributed by atoms with Gasteiger partial charge in [-0.15, -0.1) is 0 Å². The minimum absolute atomic E-state index is 0. The Labute approximate surface area is 72.5 Å². The van der Waals surface area contributed by atoms with Crippen LogP contribution in [0.1, 0.15) is 0 Å². The highest BCUT2D eigenvalue weighted by Gasteiger charge is 1.78. The maximum atomic E-state index is 4.81. The van der Waals surface area contributed by atoms with Crippen molar-refractivity contribution in [1.82, 2.24) is 0 Å². The van der Waals surface area contributed by atoms with Gasteiger partial charge in [0.1, 0.15) is 0 Å². The molecule has 10 heavy (non-hydrogen) atoms. The summed E-state index contributed by atoms with van der Waals surface area (Å²) < 4.78 is -0.750. The molecule has 0 saturated heterocycles. The molecule has 0 aliphatic carbocycles. The first-order chi connectivity index (χ1) is 1.73. The molecule has 0 atom stereocenters. The predicted molar refractivity (Wildman–Crippen MR) is 43.0 cm³/mol. The number of halogens is 3. The smallest absolute Gasteiger partial charge is 0.180 e. The van der Waals surface area contributed by atoms with Gasteiger partial charge in [-0.3, -0.25) is 0 Å². The third kappa shape index (κ3) is 1270. The van der Waals surface area contributed by atoms with Crippen LogP contribution in [0.5, 0.6) is 0 Å². The summed E-state index contributed by atoms with van der Waals surface area (Å²) >= 11 is 14.4. The Balaban J connectivity index is -0.00000000300. The van der Waals surface area contributed by atoms with Gasteiger partial charge in [-0.1, -0.05) is 34.8 Å². The van der Waals surface area contributed by atoms with Crippen LogP contribution in [0.3, 0.4) is 0 Å². The van der Waals surface area contributed by atoms with Crippen molar-refractivity contribution in [2.24, 2.45) is 0 Å². The molecule has 0 aliphatic rings. The molecule has 0 spiro atoms. The zero-order valence-electron chi connectivity index (χ0n) is 4.71. The number of alkyl halides is 3. The van der Waals surface area contributed by atoms with Gasteiger partial charge in [-0.05, 0) is 0 Å². The molecule has 0 radical (unpaired) electrons. The van der Waals surface area contributed by atoms with Crippen LogP contribution >= 0.6 is 34.8 Å². The molecule has 0 amide bonds. The summed E-state index contributed by atoms with van der Waals surface area (Å²) in [5, 5.41) is 0. The quantitative estimate of drug-likeness (QED) is 0.382. The summed E-state index contributed by atoms with van der Waals surface area (Å²) in [5.41, 5.74) is 0. The molecule has 9 heteroatoms. The van der Waals surface area contributed by atoms with E-state index in [4.69, 9.17) is 34.8 Å². The van der Waals surface area contributed by atoms with Crippen LogP contribution in [-0.4, -0.2) is 37.2 Å². The molecule has 12 N–H and O–H groups in total. The Morgan fingerprint density at radius 2 is 0.500 bits per heavy atom. The lowest BCUT2D eigenvalue weighted by Crippen LogP contribution is -1.55. The highest BCUT2D eigenvalue weighted by Crippen LogP contribution is 2.03. The van der Waals surface area contributed by atoms with Crippen LogP contribution < -0.4 is 0 Å². The lowest BCUT2D eigenvalue weighted by atomic mass is 11.9. The fourth-order valence-corrected chi connectivity index (χ4v) is 0. The van der Waals surface area contributed by atoms with Gasteiger partial charge in [0.25, 0.3) is 0 Å². The van der Waals surface area contributed by atoms with E-state index in [0.717, 1.165) is 0 Å². The fourth-order valence-electron chi connectivity index (χ4n) is 0. The molecular formula is CH13Cl3O6. The van der Waals surface area contributed by atoms with Gasteiger partial charge in [-0.25, -0.2) is 0 Å². The molecule has 6 nitrogen and oxygen atoms in total. The van der Waals surface area contributed by atoms with E-state index in [1.54, 1.807) is 0 Å². The molecule has 0 unspecified atom stereocenters. The first-order valence-electron chi connectivity index (χ1n) is 0.655. The van der Waals surface area contributed by atoms with Gasteiger partial charge in [-0.2, -0.15) is 0 Å². The summed E-state index contributed by atoms with van der Waals surface area (Å²) in [4.78, 5) is 0. The topological polar surface area (TPSA) is 189 Å². The van der Waals surface area contributed by atoms with Crippen molar-refractivity contribution in [3.05, 3.63) is 0 Å². The van der Waals surface area contributed by atoms with Crippen molar-refractivity contribution in [3.8, 4) is 0 Å². The summed E-state index contributed by atoms with van der Waals surface area (Å²) in [5.74, 6) is 0. The lowest BCUT2D eigenvalue weighted by Gasteiger charge is -1.69. The van der Waals surface area contributed by atoms with Gasteiger partial charge in [0.15, 0.2) is 4.30 Å². The first-order valence-corrected chi connectivity index (χ1v) is 1.96. The predicted octanol–water partition coefficient (Wildman–Crippen LogP) is -2.96. The van der Waals surface area contributed by atoms with Gasteiger partial charge in [0.05, 0.1) is 0 Å². The van der Waals surface area contributed by atoms with Crippen LogP contribution in [0, 0.1) is 0 Å². The standard InChI is InChI=1S/CHCl3.6H2O/c2-1(3)4;;;;;;/h1H;6*1H2. The van der Waals surface area contributed by atoms with Crippen LogP contribution in [0.4, 0.5) is 0 Å². The highest BCUT2D eigenvalue weighted by molar-refractivity contribution is 6.63. The zero-order chi connectivity index (χ0) is 3.58. The minimum Gasteiger partial charge on any atom is -0.412 e. The maximum absolute atomic E-state index is 4.81. The molecule has 0 rings (SSSR count). The number of hydrogen-bond acceptors (Lipinski definition) is 0. The Bertz CT molecular complexity index is 17.7. The molecule has 0 bridgehead atoms. The summed E-state index contributed by atoms with van der Waals surface area (Å²) in [6.45, 7) is 0. The van der Waals surface area contributed by atoms with Gasteiger partial charge < -0.3 is 32.9 Å². The number of hydrogen-bond donors (Lipinski definition) is 0. The lowest BCUT2D eigenvalue weighted by molar-refractivity contribution is 0.823. The van der Waals surface area contributed by atoms with E-state index in [1.165, 1.54) is 0 Å². The molecule has 0 aromatic carbocycles. The molecule has 0 saturated carbocycles. The SMILES string of the molecule is ClC(Cl)Cl.O.O.O.O.O.O. The van der Waals surface area contributed by atoms with Crippen molar-refractivity contribution in [3.63, 3.8) is 0 Å². The second-order valence-electron chi connectivity index (χ2n) is 0.247. The molecular weight excluding hydrogens is 214 g/mol. The monoisotopic (exact) mass is 226 g/mol. The van der Waals surface area contributed by atoms with Gasteiger partial charge in [0.2, 0.25) is 0 Å². The van der Waals surface area contributed by atoms with E-state index in [0.29, 0.717) is 0 Å². The minimum atomic E-state index is -0.750. The highest BCUT2D eigenvalue weighted by atomic mass is 35.6. The Hall–Kier alpha value is 0.630. The summed E-state index contributed by atoms with van der Waals surface area (Å²) in [6, 6.07) is 0. The van der Waals surface area contributed by atoms with Gasteiger partial charge in [0, 0.05) is 0 Å². The summed E-state index contributed by atoms with van der Waals surface area (Å²) in [6.07, 6.45) is 0. The third-order valence-corrected chi connectivity index (χ3v) is 0. The average molecular weight is 227 g/mol. The molecule has 0 aliphatic heterocycles. The molecule has 74 valence electrons. The van der Waals surface area contributed by atoms with E-state index in [1.807, 2.05) is 0 Å². The van der Waals surface area contributed by atoms with Crippen molar-refractivity contribution in [1.29, 1.82) is 0 Å². The second kappa shape index (κ2) is 54.4. The normalized spacial score (nSPS) is 3.60. The van der Waals surface area contributed by atoms with E-state index in [9.17, 15) is 0 Å². The summed E-state index contributed by atoms with van der Waals surface area (Å²) in [7, 11) is 0. The Morgan fingerprint density at radius 3 is 0.500 bits per heavy atom. The van der Waals surface area contributed by atoms with Crippen molar-refractivity contribution in [2.45, 2.75) is 4.30 Å². The molecule has 0 fully saturated rings. The molecule has 0 aromatic heterocycles.